The Morgan fingerprint density at radius 2 is 2.05 bits per heavy atom. The molecule has 1 saturated heterocycles. The van der Waals surface area contributed by atoms with Gasteiger partial charge in [-0.2, -0.15) is 0 Å². The van der Waals surface area contributed by atoms with Crippen molar-refractivity contribution in [2.24, 2.45) is 5.92 Å². The molecule has 0 unspecified atom stereocenters. The number of thiophene rings is 1. The normalized spacial score (nSPS) is 16.6. The summed E-state index contributed by atoms with van der Waals surface area (Å²) in [6.07, 6.45) is 4.89. The summed E-state index contributed by atoms with van der Waals surface area (Å²) in [5.41, 5.74) is 0. The number of piperidine rings is 1. The molecule has 1 fully saturated rings. The molecular weight excluding hydrogens is 294 g/mol. The molecule has 124 valence electrons. The zero-order valence-electron chi connectivity index (χ0n) is 13.9. The van der Waals surface area contributed by atoms with Crippen LogP contribution in [0.25, 0.3) is 0 Å². The summed E-state index contributed by atoms with van der Waals surface area (Å²) in [6.45, 7) is 9.47. The van der Waals surface area contributed by atoms with Crippen LogP contribution in [0.3, 0.4) is 0 Å². The van der Waals surface area contributed by atoms with Gasteiger partial charge in [0.2, 0.25) is 0 Å². The molecule has 22 heavy (non-hydrogen) atoms. The summed E-state index contributed by atoms with van der Waals surface area (Å²) < 4.78 is 0. The van der Waals surface area contributed by atoms with Gasteiger partial charge in [0.15, 0.2) is 0 Å². The van der Waals surface area contributed by atoms with Gasteiger partial charge in [-0.15, -0.1) is 11.3 Å². The summed E-state index contributed by atoms with van der Waals surface area (Å²) in [6, 6.07) is 4.10. The average molecular weight is 324 g/mol. The maximum atomic E-state index is 11.7. The third-order valence-corrected chi connectivity index (χ3v) is 5.28. The van der Waals surface area contributed by atoms with Gasteiger partial charge in [-0.05, 0) is 70.3 Å². The number of hydrogen-bond acceptors (Lipinski definition) is 3. The first kappa shape index (κ1) is 17.3. The van der Waals surface area contributed by atoms with Crippen molar-refractivity contribution in [1.82, 2.24) is 15.5 Å². The second-order valence-corrected chi connectivity index (χ2v) is 7.73. The van der Waals surface area contributed by atoms with Crippen LogP contribution in [0.4, 0.5) is 4.79 Å². The summed E-state index contributed by atoms with van der Waals surface area (Å²) in [5, 5.41) is 5.85. The largest absolute Gasteiger partial charge is 0.338 e. The van der Waals surface area contributed by atoms with Crippen molar-refractivity contribution in [3.8, 4) is 0 Å². The van der Waals surface area contributed by atoms with E-state index in [9.17, 15) is 4.79 Å². The van der Waals surface area contributed by atoms with E-state index in [2.05, 4.69) is 41.5 Å². The van der Waals surface area contributed by atoms with E-state index in [4.69, 9.17) is 0 Å². The second-order valence-electron chi connectivity index (χ2n) is 6.35. The second kappa shape index (κ2) is 9.16. The molecular formula is C17H29N3OS. The van der Waals surface area contributed by atoms with Gasteiger partial charge in [0.05, 0.1) is 6.54 Å². The van der Waals surface area contributed by atoms with Gasteiger partial charge < -0.3 is 15.5 Å². The Morgan fingerprint density at radius 3 is 2.73 bits per heavy atom. The topological polar surface area (TPSA) is 44.4 Å². The number of nitrogens with one attached hydrogen (secondary N) is 2. The summed E-state index contributed by atoms with van der Waals surface area (Å²) >= 11 is 1.73. The first-order valence-corrected chi connectivity index (χ1v) is 9.24. The zero-order valence-corrected chi connectivity index (χ0v) is 14.7. The number of aryl methyl sites for hydroxylation is 1. The number of nitrogens with zero attached hydrogens (tertiary/aromatic N) is 1. The van der Waals surface area contributed by atoms with Crippen LogP contribution in [0, 0.1) is 12.8 Å². The van der Waals surface area contributed by atoms with Crippen molar-refractivity contribution in [1.29, 1.82) is 0 Å². The molecule has 0 bridgehead atoms. The lowest BCUT2D eigenvalue weighted by atomic mass is 9.99. The van der Waals surface area contributed by atoms with Crippen LogP contribution in [0.15, 0.2) is 12.1 Å². The van der Waals surface area contributed by atoms with E-state index < -0.39 is 0 Å². The van der Waals surface area contributed by atoms with Crippen LogP contribution >= 0.6 is 11.3 Å². The number of likely N-dealkylation sites (tertiary alicyclic amines) is 1. The fraction of sp³-hybridized carbons (Fsp3) is 0.706. The van der Waals surface area contributed by atoms with E-state index in [1.54, 1.807) is 11.3 Å². The van der Waals surface area contributed by atoms with Crippen LogP contribution in [0.2, 0.25) is 0 Å². The number of amides is 2. The maximum Gasteiger partial charge on any atom is 0.315 e. The van der Waals surface area contributed by atoms with Crippen molar-refractivity contribution in [2.75, 3.05) is 26.2 Å². The van der Waals surface area contributed by atoms with E-state index in [1.165, 1.54) is 48.7 Å². The first-order chi connectivity index (χ1) is 10.6. The van der Waals surface area contributed by atoms with Crippen molar-refractivity contribution in [2.45, 2.75) is 46.1 Å². The Balaban J connectivity index is 1.47. The Morgan fingerprint density at radius 1 is 1.27 bits per heavy atom. The van der Waals surface area contributed by atoms with Gasteiger partial charge in [0.1, 0.15) is 0 Å². The van der Waals surface area contributed by atoms with Crippen LogP contribution in [0.5, 0.6) is 0 Å². The minimum absolute atomic E-state index is 0.0575. The monoisotopic (exact) mass is 323 g/mol. The Hall–Kier alpha value is -1.07. The van der Waals surface area contributed by atoms with E-state index in [0.717, 1.165) is 18.9 Å². The predicted molar refractivity (Wildman–Crippen MR) is 93.4 cm³/mol. The van der Waals surface area contributed by atoms with Crippen molar-refractivity contribution in [3.63, 3.8) is 0 Å². The molecule has 1 aromatic heterocycles. The molecule has 0 radical (unpaired) electrons. The van der Waals surface area contributed by atoms with Crippen LogP contribution < -0.4 is 10.6 Å². The fourth-order valence-electron chi connectivity index (χ4n) is 2.76. The summed E-state index contributed by atoms with van der Waals surface area (Å²) in [5.74, 6) is 0.897. The molecule has 1 aromatic rings. The quantitative estimate of drug-likeness (QED) is 0.756. The molecule has 2 rings (SSSR count). The molecule has 4 nitrogen and oxygen atoms in total. The first-order valence-electron chi connectivity index (χ1n) is 8.43. The van der Waals surface area contributed by atoms with E-state index in [1.807, 2.05) is 0 Å². The molecule has 0 spiro atoms. The van der Waals surface area contributed by atoms with Crippen molar-refractivity contribution < 1.29 is 4.79 Å². The van der Waals surface area contributed by atoms with E-state index in [0.29, 0.717) is 6.54 Å². The third-order valence-electron chi connectivity index (χ3n) is 4.28. The predicted octanol–water partition coefficient (Wildman–Crippen LogP) is 3.37. The lowest BCUT2D eigenvalue weighted by Gasteiger charge is -2.30. The lowest BCUT2D eigenvalue weighted by molar-refractivity contribution is 0.189. The number of rotatable bonds is 7. The fourth-order valence-corrected chi connectivity index (χ4v) is 3.59. The summed E-state index contributed by atoms with van der Waals surface area (Å²) in [7, 11) is 0. The van der Waals surface area contributed by atoms with Crippen molar-refractivity contribution in [3.05, 3.63) is 21.9 Å². The number of unbranched alkanes of at least 4 members (excludes halogenated alkanes) is 1. The maximum absolute atomic E-state index is 11.7. The molecule has 2 amide bonds. The highest BCUT2D eigenvalue weighted by molar-refractivity contribution is 7.11. The number of hydrogen-bond donors (Lipinski definition) is 2. The smallest absolute Gasteiger partial charge is 0.315 e. The SMILES string of the molecule is Cc1ccc(CNC(=O)NCCCCN2CCC(C)CC2)s1. The van der Waals surface area contributed by atoms with Crippen molar-refractivity contribution >= 4 is 17.4 Å². The molecule has 5 heteroatoms. The minimum Gasteiger partial charge on any atom is -0.338 e. The van der Waals surface area contributed by atoms with Gasteiger partial charge in [-0.25, -0.2) is 4.79 Å². The van der Waals surface area contributed by atoms with E-state index in [-0.39, 0.29) is 6.03 Å². The highest BCUT2D eigenvalue weighted by Crippen LogP contribution is 2.16. The van der Waals surface area contributed by atoms with Gasteiger partial charge in [0.25, 0.3) is 0 Å². The van der Waals surface area contributed by atoms with E-state index >= 15 is 0 Å². The zero-order chi connectivity index (χ0) is 15.8. The summed E-state index contributed by atoms with van der Waals surface area (Å²) in [4.78, 5) is 16.7. The molecule has 2 N–H and O–H groups in total. The molecule has 1 aliphatic rings. The number of carbonyl (C=O) groups excluding carboxylic acids is 1. The standard InChI is InChI=1S/C17H29N3OS/c1-14-7-11-20(12-8-14)10-4-3-9-18-17(21)19-13-16-6-5-15(2)22-16/h5-6,14H,3-4,7-13H2,1-2H3,(H2,18,19,21). The van der Waals surface area contributed by atoms with Gasteiger partial charge >= 0.3 is 6.03 Å². The van der Waals surface area contributed by atoms with Crippen LogP contribution in [-0.2, 0) is 6.54 Å². The molecule has 0 aromatic carbocycles. The highest BCUT2D eigenvalue weighted by atomic mass is 32.1. The molecule has 2 heterocycles. The van der Waals surface area contributed by atoms with Crippen LogP contribution in [0.1, 0.15) is 42.4 Å². The Bertz CT molecular complexity index is 453. The highest BCUT2D eigenvalue weighted by Gasteiger charge is 2.14. The molecule has 0 aliphatic carbocycles. The minimum atomic E-state index is -0.0575. The van der Waals surface area contributed by atoms with Gasteiger partial charge in [0, 0.05) is 16.3 Å². The lowest BCUT2D eigenvalue weighted by Crippen LogP contribution is -2.36. The Kier molecular flexibility index (Phi) is 7.19. The Labute approximate surface area is 138 Å². The molecule has 1 aliphatic heterocycles. The van der Waals surface area contributed by atoms with Crippen LogP contribution in [-0.4, -0.2) is 37.1 Å². The average Bonchev–Trinajstić information content (AvgIpc) is 2.92. The molecule has 0 atom stereocenters. The molecule has 0 saturated carbocycles. The van der Waals surface area contributed by atoms with Gasteiger partial charge in [-0.1, -0.05) is 6.92 Å². The number of urea groups is 1. The van der Waals surface area contributed by atoms with Gasteiger partial charge in [-0.3, -0.25) is 0 Å². The number of carbonyl (C=O) groups is 1. The third kappa shape index (κ3) is 6.36.